The van der Waals surface area contributed by atoms with Crippen LogP contribution in [0.1, 0.15) is 18.1 Å². The number of phenolic OH excluding ortho intramolecular Hbond substituents is 1. The monoisotopic (exact) mass is 326 g/mol. The molecule has 1 heterocycles. The second-order valence-electron chi connectivity index (χ2n) is 5.39. The fourth-order valence-electron chi connectivity index (χ4n) is 2.31. The lowest BCUT2D eigenvalue weighted by Crippen LogP contribution is -2.21. The normalized spacial score (nSPS) is 16.1. The van der Waals surface area contributed by atoms with Gasteiger partial charge in [-0.15, -0.1) is 0 Å². The maximum absolute atomic E-state index is 12.6. The molecule has 0 fully saturated rings. The molecule has 5 heteroatoms. The smallest absolute Gasteiger partial charge is 0.280 e. The Balaban J connectivity index is 1.94. The van der Waals surface area contributed by atoms with Crippen molar-refractivity contribution in [2.75, 3.05) is 5.01 Å². The van der Waals surface area contributed by atoms with Crippen LogP contribution in [0.4, 0.5) is 5.69 Å². The van der Waals surface area contributed by atoms with E-state index in [4.69, 9.17) is 11.6 Å². The van der Waals surface area contributed by atoms with Gasteiger partial charge in [-0.1, -0.05) is 29.8 Å². The minimum absolute atomic E-state index is 0.186. The van der Waals surface area contributed by atoms with Gasteiger partial charge in [0, 0.05) is 5.02 Å². The molecule has 1 aliphatic rings. The molecule has 2 aromatic rings. The SMILES string of the molecule is CC1=NN(c2ccc(C)c(Cl)c2)C(=O)/C1=C/c1ccc(O)cc1. The first-order chi connectivity index (χ1) is 11.0. The second-order valence-corrected chi connectivity index (χ2v) is 5.79. The van der Waals surface area contributed by atoms with Crippen LogP contribution in [-0.2, 0) is 4.79 Å². The standard InChI is InChI=1S/C18H15ClN2O2/c1-11-3-6-14(10-17(11)19)21-18(23)16(12(2)20-21)9-13-4-7-15(22)8-5-13/h3-10,22H,1-2H3/b16-9+. The fourth-order valence-corrected chi connectivity index (χ4v) is 2.48. The van der Waals surface area contributed by atoms with Crippen LogP contribution in [0.3, 0.4) is 0 Å². The summed E-state index contributed by atoms with van der Waals surface area (Å²) in [6.45, 7) is 3.70. The number of anilines is 1. The molecule has 0 unspecified atom stereocenters. The number of nitrogens with zero attached hydrogens (tertiary/aromatic N) is 2. The number of benzene rings is 2. The molecule has 116 valence electrons. The van der Waals surface area contributed by atoms with Crippen LogP contribution in [0.25, 0.3) is 6.08 Å². The largest absolute Gasteiger partial charge is 0.508 e. The first-order valence-corrected chi connectivity index (χ1v) is 7.50. The molecule has 0 saturated heterocycles. The first-order valence-electron chi connectivity index (χ1n) is 7.12. The van der Waals surface area contributed by atoms with E-state index in [0.717, 1.165) is 11.1 Å². The summed E-state index contributed by atoms with van der Waals surface area (Å²) in [5.41, 5.74) is 3.57. The van der Waals surface area contributed by atoms with E-state index < -0.39 is 0 Å². The van der Waals surface area contributed by atoms with Gasteiger partial charge in [0.1, 0.15) is 5.75 Å². The number of aromatic hydroxyl groups is 1. The third-order valence-corrected chi connectivity index (χ3v) is 4.07. The van der Waals surface area contributed by atoms with E-state index in [0.29, 0.717) is 22.0 Å². The van der Waals surface area contributed by atoms with E-state index in [1.807, 2.05) is 19.1 Å². The molecule has 0 spiro atoms. The van der Waals surface area contributed by atoms with E-state index in [-0.39, 0.29) is 11.7 Å². The summed E-state index contributed by atoms with van der Waals surface area (Å²) in [6.07, 6.45) is 1.76. The van der Waals surface area contributed by atoms with Crippen molar-refractivity contribution in [2.24, 2.45) is 5.10 Å². The molecule has 2 aromatic carbocycles. The van der Waals surface area contributed by atoms with Crippen molar-refractivity contribution >= 4 is 35.0 Å². The quantitative estimate of drug-likeness (QED) is 0.842. The zero-order valence-corrected chi connectivity index (χ0v) is 13.5. The summed E-state index contributed by atoms with van der Waals surface area (Å²) in [4.78, 5) is 12.6. The van der Waals surface area contributed by atoms with Crippen LogP contribution >= 0.6 is 11.6 Å². The molecule has 4 nitrogen and oxygen atoms in total. The molecule has 23 heavy (non-hydrogen) atoms. The second kappa shape index (κ2) is 5.89. The number of aryl methyl sites for hydroxylation is 1. The Morgan fingerprint density at radius 3 is 2.48 bits per heavy atom. The van der Waals surface area contributed by atoms with Crippen LogP contribution in [0.15, 0.2) is 53.1 Å². The number of rotatable bonds is 2. The molecule has 0 aliphatic carbocycles. The fraction of sp³-hybridized carbons (Fsp3) is 0.111. The molecule has 0 bridgehead atoms. The molecule has 1 N–H and O–H groups in total. The van der Waals surface area contributed by atoms with E-state index in [2.05, 4.69) is 5.10 Å². The van der Waals surface area contributed by atoms with Crippen molar-refractivity contribution in [1.82, 2.24) is 0 Å². The molecular formula is C18H15ClN2O2. The average Bonchev–Trinajstić information content (AvgIpc) is 2.80. The van der Waals surface area contributed by atoms with Gasteiger partial charge in [0.2, 0.25) is 0 Å². The number of carbonyl (C=O) groups is 1. The predicted molar refractivity (Wildman–Crippen MR) is 92.9 cm³/mol. The summed E-state index contributed by atoms with van der Waals surface area (Å²) < 4.78 is 0. The van der Waals surface area contributed by atoms with Gasteiger partial charge in [0.25, 0.3) is 5.91 Å². The lowest BCUT2D eigenvalue weighted by molar-refractivity contribution is -0.114. The zero-order chi connectivity index (χ0) is 16.6. The van der Waals surface area contributed by atoms with Gasteiger partial charge in [0.15, 0.2) is 0 Å². The number of carbonyl (C=O) groups excluding carboxylic acids is 1. The van der Waals surface area contributed by atoms with Crippen molar-refractivity contribution < 1.29 is 9.90 Å². The van der Waals surface area contributed by atoms with Crippen molar-refractivity contribution in [1.29, 1.82) is 0 Å². The van der Waals surface area contributed by atoms with Crippen molar-refractivity contribution in [2.45, 2.75) is 13.8 Å². The lowest BCUT2D eigenvalue weighted by atomic mass is 10.1. The number of halogens is 1. The maximum Gasteiger partial charge on any atom is 0.280 e. The topological polar surface area (TPSA) is 52.9 Å². The van der Waals surface area contributed by atoms with Gasteiger partial charge >= 0.3 is 0 Å². The van der Waals surface area contributed by atoms with Crippen molar-refractivity contribution in [3.63, 3.8) is 0 Å². The predicted octanol–water partition coefficient (Wildman–Crippen LogP) is 4.16. The van der Waals surface area contributed by atoms with Gasteiger partial charge in [-0.3, -0.25) is 4.79 Å². The van der Waals surface area contributed by atoms with Gasteiger partial charge in [-0.25, -0.2) is 0 Å². The number of amides is 1. The van der Waals surface area contributed by atoms with Gasteiger partial charge in [0.05, 0.1) is 17.0 Å². The Hall–Kier alpha value is -2.59. The Bertz CT molecular complexity index is 839. The third kappa shape index (κ3) is 2.98. The number of hydrogen-bond donors (Lipinski definition) is 1. The highest BCUT2D eigenvalue weighted by Gasteiger charge is 2.28. The summed E-state index contributed by atoms with van der Waals surface area (Å²) in [5.74, 6) is -0.0123. The van der Waals surface area contributed by atoms with Gasteiger partial charge in [-0.2, -0.15) is 10.1 Å². The highest BCUT2D eigenvalue weighted by Crippen LogP contribution is 2.28. The summed E-state index contributed by atoms with van der Waals surface area (Å²) in [7, 11) is 0. The van der Waals surface area contributed by atoms with Crippen LogP contribution < -0.4 is 5.01 Å². The van der Waals surface area contributed by atoms with Crippen LogP contribution in [-0.4, -0.2) is 16.7 Å². The molecule has 1 amide bonds. The molecule has 1 aliphatic heterocycles. The Morgan fingerprint density at radius 1 is 1.13 bits per heavy atom. The van der Waals surface area contributed by atoms with E-state index in [9.17, 15) is 9.90 Å². The minimum atomic E-state index is -0.199. The minimum Gasteiger partial charge on any atom is -0.508 e. The summed E-state index contributed by atoms with van der Waals surface area (Å²) in [5, 5.41) is 15.6. The maximum atomic E-state index is 12.6. The van der Waals surface area contributed by atoms with E-state index in [1.54, 1.807) is 43.3 Å². The molecule has 0 radical (unpaired) electrons. The first kappa shape index (κ1) is 15.3. The summed E-state index contributed by atoms with van der Waals surface area (Å²) in [6, 6.07) is 12.1. The number of hydrogen-bond acceptors (Lipinski definition) is 3. The van der Waals surface area contributed by atoms with Crippen LogP contribution in [0, 0.1) is 6.92 Å². The van der Waals surface area contributed by atoms with Gasteiger partial charge in [-0.05, 0) is 55.3 Å². The Labute approximate surface area is 139 Å². The highest BCUT2D eigenvalue weighted by molar-refractivity contribution is 6.33. The zero-order valence-electron chi connectivity index (χ0n) is 12.7. The molecular weight excluding hydrogens is 312 g/mol. The number of phenols is 1. The Morgan fingerprint density at radius 2 is 1.83 bits per heavy atom. The van der Waals surface area contributed by atoms with Crippen molar-refractivity contribution in [3.8, 4) is 5.75 Å². The van der Waals surface area contributed by atoms with Gasteiger partial charge < -0.3 is 5.11 Å². The van der Waals surface area contributed by atoms with E-state index >= 15 is 0 Å². The molecule has 0 atom stereocenters. The average molecular weight is 327 g/mol. The van der Waals surface area contributed by atoms with E-state index in [1.165, 1.54) is 5.01 Å². The summed E-state index contributed by atoms with van der Waals surface area (Å²) >= 11 is 6.13. The lowest BCUT2D eigenvalue weighted by Gasteiger charge is -2.12. The third-order valence-electron chi connectivity index (χ3n) is 3.67. The molecule has 3 rings (SSSR count). The Kier molecular flexibility index (Phi) is 3.92. The van der Waals surface area contributed by atoms with Crippen LogP contribution in [0.2, 0.25) is 5.02 Å². The number of hydrazone groups is 1. The van der Waals surface area contributed by atoms with Crippen molar-refractivity contribution in [3.05, 3.63) is 64.2 Å². The molecule has 0 saturated carbocycles. The molecule has 0 aromatic heterocycles. The highest BCUT2D eigenvalue weighted by atomic mass is 35.5. The van der Waals surface area contributed by atoms with Crippen LogP contribution in [0.5, 0.6) is 5.75 Å².